The van der Waals surface area contributed by atoms with Crippen molar-refractivity contribution in [2.45, 2.75) is 46.1 Å². The van der Waals surface area contributed by atoms with Crippen molar-refractivity contribution in [2.24, 2.45) is 5.41 Å². The molecule has 2 atom stereocenters. The molecule has 3 heteroatoms. The summed E-state index contributed by atoms with van der Waals surface area (Å²) in [5.74, 6) is -0.667. The predicted molar refractivity (Wildman–Crippen MR) is 56.3 cm³/mol. The van der Waals surface area contributed by atoms with Crippen LogP contribution in [-0.2, 0) is 4.79 Å². The Kier molecular flexibility index (Phi) is 3.53. The van der Waals surface area contributed by atoms with Crippen LogP contribution in [0.5, 0.6) is 0 Å². The maximum atomic E-state index is 11.1. The van der Waals surface area contributed by atoms with E-state index in [-0.39, 0.29) is 0 Å². The van der Waals surface area contributed by atoms with Crippen molar-refractivity contribution in [3.05, 3.63) is 0 Å². The smallest absolute Gasteiger partial charge is 0.310 e. The van der Waals surface area contributed by atoms with Crippen molar-refractivity contribution in [1.82, 2.24) is 4.90 Å². The van der Waals surface area contributed by atoms with Crippen molar-refractivity contribution < 1.29 is 9.90 Å². The average Bonchev–Trinajstić information content (AvgIpc) is 2.51. The van der Waals surface area contributed by atoms with Gasteiger partial charge in [0.05, 0.1) is 5.41 Å². The molecule has 2 unspecified atom stereocenters. The van der Waals surface area contributed by atoms with Crippen LogP contribution < -0.4 is 0 Å². The van der Waals surface area contributed by atoms with Gasteiger partial charge < -0.3 is 5.11 Å². The molecule has 1 N–H and O–H groups in total. The zero-order valence-corrected chi connectivity index (χ0v) is 9.42. The van der Waals surface area contributed by atoms with E-state index in [2.05, 4.69) is 11.8 Å². The lowest BCUT2D eigenvalue weighted by molar-refractivity contribution is -0.149. The fraction of sp³-hybridized carbons (Fsp3) is 0.909. The molecule has 1 fully saturated rings. The Morgan fingerprint density at radius 2 is 2.29 bits per heavy atom. The van der Waals surface area contributed by atoms with E-state index in [0.29, 0.717) is 19.0 Å². The highest BCUT2D eigenvalue weighted by Crippen LogP contribution is 2.27. The second-order valence-corrected chi connectivity index (χ2v) is 4.68. The number of hydrogen-bond donors (Lipinski definition) is 1. The average molecular weight is 199 g/mol. The predicted octanol–water partition coefficient (Wildman–Crippen LogP) is 1.97. The first kappa shape index (κ1) is 11.5. The van der Waals surface area contributed by atoms with Gasteiger partial charge in [0.15, 0.2) is 0 Å². The lowest BCUT2D eigenvalue weighted by atomic mass is 9.87. The van der Waals surface area contributed by atoms with Crippen LogP contribution in [-0.4, -0.2) is 35.1 Å². The third kappa shape index (κ3) is 2.27. The molecule has 0 amide bonds. The van der Waals surface area contributed by atoms with Gasteiger partial charge in [0.25, 0.3) is 0 Å². The van der Waals surface area contributed by atoms with Gasteiger partial charge in [-0.05, 0) is 39.7 Å². The zero-order chi connectivity index (χ0) is 10.8. The number of rotatable bonds is 4. The Hall–Kier alpha value is -0.570. The van der Waals surface area contributed by atoms with Crippen LogP contribution in [0, 0.1) is 5.41 Å². The van der Waals surface area contributed by atoms with E-state index in [4.69, 9.17) is 5.11 Å². The molecule has 1 aliphatic rings. The van der Waals surface area contributed by atoms with E-state index in [0.717, 1.165) is 6.54 Å². The summed E-state index contributed by atoms with van der Waals surface area (Å²) in [6.07, 6.45) is 3.12. The summed E-state index contributed by atoms with van der Waals surface area (Å²) in [5.41, 5.74) is -0.571. The lowest BCUT2D eigenvalue weighted by Crippen LogP contribution is -2.42. The van der Waals surface area contributed by atoms with Crippen LogP contribution in [0.25, 0.3) is 0 Å². The highest BCUT2D eigenvalue weighted by molar-refractivity contribution is 5.74. The van der Waals surface area contributed by atoms with E-state index >= 15 is 0 Å². The molecular formula is C11H21NO2. The Balaban J connectivity index is 2.60. The molecule has 1 saturated heterocycles. The fourth-order valence-corrected chi connectivity index (χ4v) is 2.01. The van der Waals surface area contributed by atoms with Gasteiger partial charge in [0.1, 0.15) is 0 Å². The number of aliphatic carboxylic acids is 1. The van der Waals surface area contributed by atoms with Gasteiger partial charge in [-0.25, -0.2) is 0 Å². The molecule has 1 aliphatic heterocycles. The zero-order valence-electron chi connectivity index (χ0n) is 9.42. The molecule has 82 valence electrons. The van der Waals surface area contributed by atoms with E-state index < -0.39 is 11.4 Å². The quantitative estimate of drug-likeness (QED) is 0.752. The standard InChI is InChI=1S/C11H21NO2/c1-4-11(3,10(13)14)8-12-7-5-6-9(12)2/h9H,4-8H2,1-3H3,(H,13,14). The SMILES string of the molecule is CCC(C)(CN1CCCC1C)C(=O)O. The molecule has 0 bridgehead atoms. The van der Waals surface area contributed by atoms with E-state index in [1.165, 1.54) is 12.8 Å². The van der Waals surface area contributed by atoms with Gasteiger partial charge in [-0.15, -0.1) is 0 Å². The fourth-order valence-electron chi connectivity index (χ4n) is 2.01. The van der Waals surface area contributed by atoms with Crippen molar-refractivity contribution in [2.75, 3.05) is 13.1 Å². The minimum atomic E-state index is -0.667. The number of carboxylic acid groups (broad SMARTS) is 1. The highest BCUT2D eigenvalue weighted by atomic mass is 16.4. The summed E-state index contributed by atoms with van der Waals surface area (Å²) in [6, 6.07) is 0.556. The normalized spacial score (nSPS) is 27.5. The highest BCUT2D eigenvalue weighted by Gasteiger charge is 2.35. The van der Waals surface area contributed by atoms with Gasteiger partial charge in [0.2, 0.25) is 0 Å². The molecule has 3 nitrogen and oxygen atoms in total. The Morgan fingerprint density at radius 1 is 1.64 bits per heavy atom. The largest absolute Gasteiger partial charge is 0.481 e. The van der Waals surface area contributed by atoms with Gasteiger partial charge in [0, 0.05) is 12.6 Å². The maximum absolute atomic E-state index is 11.1. The number of hydrogen-bond acceptors (Lipinski definition) is 2. The van der Waals surface area contributed by atoms with Crippen molar-refractivity contribution in [3.63, 3.8) is 0 Å². The van der Waals surface area contributed by atoms with Crippen molar-refractivity contribution in [3.8, 4) is 0 Å². The third-order valence-electron chi connectivity index (χ3n) is 3.54. The molecule has 0 saturated carbocycles. The van der Waals surface area contributed by atoms with Crippen molar-refractivity contribution >= 4 is 5.97 Å². The monoisotopic (exact) mass is 199 g/mol. The molecule has 0 radical (unpaired) electrons. The van der Waals surface area contributed by atoms with Gasteiger partial charge in [-0.2, -0.15) is 0 Å². The summed E-state index contributed by atoms with van der Waals surface area (Å²) in [7, 11) is 0. The number of carbonyl (C=O) groups is 1. The first-order valence-corrected chi connectivity index (χ1v) is 5.47. The van der Waals surface area contributed by atoms with E-state index in [9.17, 15) is 4.79 Å². The van der Waals surface area contributed by atoms with Crippen LogP contribution in [0.15, 0.2) is 0 Å². The number of nitrogens with zero attached hydrogens (tertiary/aromatic N) is 1. The molecule has 0 spiro atoms. The number of carboxylic acids is 1. The van der Waals surface area contributed by atoms with Crippen LogP contribution in [0.2, 0.25) is 0 Å². The van der Waals surface area contributed by atoms with E-state index in [1.807, 2.05) is 13.8 Å². The number of likely N-dealkylation sites (tertiary alicyclic amines) is 1. The molecule has 1 rings (SSSR count). The van der Waals surface area contributed by atoms with Gasteiger partial charge in [-0.1, -0.05) is 6.92 Å². The van der Waals surface area contributed by atoms with Gasteiger partial charge in [-0.3, -0.25) is 9.69 Å². The summed E-state index contributed by atoms with van der Waals surface area (Å²) >= 11 is 0. The van der Waals surface area contributed by atoms with Crippen LogP contribution >= 0.6 is 0 Å². The second kappa shape index (κ2) is 4.30. The van der Waals surface area contributed by atoms with Crippen LogP contribution in [0.1, 0.15) is 40.0 Å². The minimum Gasteiger partial charge on any atom is -0.481 e. The van der Waals surface area contributed by atoms with Gasteiger partial charge >= 0.3 is 5.97 Å². The Labute approximate surface area is 86.1 Å². The molecular weight excluding hydrogens is 178 g/mol. The molecule has 14 heavy (non-hydrogen) atoms. The maximum Gasteiger partial charge on any atom is 0.310 e. The third-order valence-corrected chi connectivity index (χ3v) is 3.54. The second-order valence-electron chi connectivity index (χ2n) is 4.68. The lowest BCUT2D eigenvalue weighted by Gasteiger charge is -2.31. The summed E-state index contributed by atoms with van der Waals surface area (Å²) in [4.78, 5) is 13.4. The topological polar surface area (TPSA) is 40.5 Å². The van der Waals surface area contributed by atoms with Crippen molar-refractivity contribution in [1.29, 1.82) is 0 Å². The van der Waals surface area contributed by atoms with E-state index in [1.54, 1.807) is 0 Å². The molecule has 0 aromatic rings. The first-order chi connectivity index (χ1) is 6.49. The molecule has 0 aliphatic carbocycles. The molecule has 0 aromatic heterocycles. The summed E-state index contributed by atoms with van der Waals surface area (Å²) < 4.78 is 0. The van der Waals surface area contributed by atoms with Crippen LogP contribution in [0.4, 0.5) is 0 Å². The molecule has 1 heterocycles. The molecule has 0 aromatic carbocycles. The first-order valence-electron chi connectivity index (χ1n) is 5.47. The Morgan fingerprint density at radius 3 is 2.64 bits per heavy atom. The van der Waals surface area contributed by atoms with Crippen LogP contribution in [0.3, 0.4) is 0 Å². The Bertz CT molecular complexity index is 217. The summed E-state index contributed by atoms with van der Waals surface area (Å²) in [6.45, 7) is 7.74. The minimum absolute atomic E-state index is 0.556. The summed E-state index contributed by atoms with van der Waals surface area (Å²) in [5, 5.41) is 9.15.